The summed E-state index contributed by atoms with van der Waals surface area (Å²) in [5.41, 5.74) is 0. The van der Waals surface area contributed by atoms with Gasteiger partial charge in [-0.2, -0.15) is 0 Å². The number of rotatable bonds is 46. The molecule has 0 saturated carbocycles. The van der Waals surface area contributed by atoms with Crippen LogP contribution >= 0.6 is 0 Å². The van der Waals surface area contributed by atoms with Gasteiger partial charge in [-0.05, 0) is 89.9 Å². The molecule has 0 spiro atoms. The minimum Gasteiger partial charge on any atom is -0.462 e. The Hall–Kier alpha value is -2.63. The number of ether oxygens (including phenoxy) is 3. The molecule has 60 heavy (non-hydrogen) atoms. The van der Waals surface area contributed by atoms with E-state index in [1.165, 1.54) is 116 Å². The molecule has 0 N–H and O–H groups in total. The van der Waals surface area contributed by atoms with Crippen LogP contribution < -0.4 is 0 Å². The second kappa shape index (κ2) is 49.0. The van der Waals surface area contributed by atoms with Crippen LogP contribution in [0.2, 0.25) is 0 Å². The van der Waals surface area contributed by atoms with Crippen molar-refractivity contribution < 1.29 is 28.6 Å². The largest absolute Gasteiger partial charge is 0.462 e. The van der Waals surface area contributed by atoms with Gasteiger partial charge in [0.2, 0.25) is 0 Å². The molecule has 0 radical (unpaired) electrons. The van der Waals surface area contributed by atoms with Crippen LogP contribution in [0.4, 0.5) is 0 Å². The van der Waals surface area contributed by atoms with Gasteiger partial charge in [-0.15, -0.1) is 0 Å². The minimum atomic E-state index is -0.790. The van der Waals surface area contributed by atoms with Crippen LogP contribution in [0.3, 0.4) is 0 Å². The second-order valence-electron chi connectivity index (χ2n) is 17.1. The maximum absolute atomic E-state index is 12.8. The molecule has 0 aromatic heterocycles. The van der Waals surface area contributed by atoms with Gasteiger partial charge in [-0.3, -0.25) is 14.4 Å². The van der Waals surface area contributed by atoms with E-state index in [9.17, 15) is 14.4 Å². The standard InChI is InChI=1S/C54H96O6/c1-4-7-10-13-16-19-22-24-26-28-30-32-35-38-41-44-47-53(56)59-50-51(49-58-52(55)46-43-40-37-34-21-18-15-12-9-6-3)60-54(57)48-45-42-39-36-33-31-29-27-25-23-20-17-14-11-8-5-2/h15,18,26-30,32,51H,4-14,16-17,19-25,31,33-50H2,1-3H3/b18-15-,28-26-,29-27-,32-30-. The number of carbonyl (C=O) groups excluding carboxylic acids is 3. The fraction of sp³-hybridized carbons (Fsp3) is 0.796. The van der Waals surface area contributed by atoms with E-state index in [2.05, 4.69) is 69.4 Å². The summed E-state index contributed by atoms with van der Waals surface area (Å²) in [7, 11) is 0. The zero-order valence-corrected chi connectivity index (χ0v) is 39.7. The Kier molecular flexibility index (Phi) is 46.9. The zero-order chi connectivity index (χ0) is 43.7. The van der Waals surface area contributed by atoms with E-state index in [0.29, 0.717) is 19.3 Å². The van der Waals surface area contributed by atoms with Crippen LogP contribution in [-0.4, -0.2) is 37.2 Å². The lowest BCUT2D eigenvalue weighted by molar-refractivity contribution is -0.167. The van der Waals surface area contributed by atoms with Crippen molar-refractivity contribution in [2.24, 2.45) is 0 Å². The smallest absolute Gasteiger partial charge is 0.306 e. The molecule has 0 aliphatic rings. The number of hydrogen-bond acceptors (Lipinski definition) is 6. The first kappa shape index (κ1) is 57.4. The summed E-state index contributed by atoms with van der Waals surface area (Å²) in [4.78, 5) is 37.9. The molecule has 0 aromatic carbocycles. The summed E-state index contributed by atoms with van der Waals surface area (Å²) in [5, 5.41) is 0. The molecule has 0 aliphatic carbocycles. The molecule has 0 fully saturated rings. The third kappa shape index (κ3) is 46.4. The van der Waals surface area contributed by atoms with E-state index < -0.39 is 6.10 Å². The average Bonchev–Trinajstić information content (AvgIpc) is 3.24. The van der Waals surface area contributed by atoms with Crippen molar-refractivity contribution in [3.05, 3.63) is 48.6 Å². The predicted octanol–water partition coefficient (Wildman–Crippen LogP) is 16.7. The van der Waals surface area contributed by atoms with Crippen LogP contribution in [0.5, 0.6) is 0 Å². The third-order valence-electron chi connectivity index (χ3n) is 11.1. The van der Waals surface area contributed by atoms with Gasteiger partial charge in [0, 0.05) is 19.3 Å². The average molecular weight is 841 g/mol. The van der Waals surface area contributed by atoms with Crippen molar-refractivity contribution >= 4 is 17.9 Å². The molecule has 0 bridgehead atoms. The monoisotopic (exact) mass is 841 g/mol. The van der Waals surface area contributed by atoms with Crippen molar-refractivity contribution in [3.8, 4) is 0 Å². The van der Waals surface area contributed by atoms with E-state index in [1.807, 2.05) is 0 Å². The summed E-state index contributed by atoms with van der Waals surface area (Å²) >= 11 is 0. The highest BCUT2D eigenvalue weighted by Gasteiger charge is 2.19. The van der Waals surface area contributed by atoms with E-state index in [4.69, 9.17) is 14.2 Å². The molecule has 6 heteroatoms. The minimum absolute atomic E-state index is 0.0906. The number of allylic oxidation sites excluding steroid dienone is 8. The quantitative estimate of drug-likeness (QED) is 0.0200. The van der Waals surface area contributed by atoms with E-state index >= 15 is 0 Å². The van der Waals surface area contributed by atoms with Gasteiger partial charge in [-0.25, -0.2) is 0 Å². The van der Waals surface area contributed by atoms with Crippen LogP contribution in [-0.2, 0) is 28.6 Å². The van der Waals surface area contributed by atoms with Crippen molar-refractivity contribution in [1.82, 2.24) is 0 Å². The Balaban J connectivity index is 4.40. The molecular weight excluding hydrogens is 745 g/mol. The summed E-state index contributed by atoms with van der Waals surface area (Å²) in [6.45, 7) is 6.55. The Labute approximate surface area is 371 Å². The fourth-order valence-corrected chi connectivity index (χ4v) is 7.11. The molecule has 6 nitrogen and oxygen atoms in total. The van der Waals surface area contributed by atoms with Crippen LogP contribution in [0.15, 0.2) is 48.6 Å². The summed E-state index contributed by atoms with van der Waals surface area (Å²) in [6.07, 6.45) is 58.1. The lowest BCUT2D eigenvalue weighted by Crippen LogP contribution is -2.30. The first-order chi connectivity index (χ1) is 29.5. The highest BCUT2D eigenvalue weighted by atomic mass is 16.6. The number of carbonyl (C=O) groups is 3. The summed E-state index contributed by atoms with van der Waals surface area (Å²) < 4.78 is 16.7. The number of hydrogen-bond donors (Lipinski definition) is 0. The van der Waals surface area contributed by atoms with Gasteiger partial charge in [-0.1, -0.05) is 198 Å². The predicted molar refractivity (Wildman–Crippen MR) is 256 cm³/mol. The van der Waals surface area contributed by atoms with Crippen molar-refractivity contribution in [2.75, 3.05) is 13.2 Å². The van der Waals surface area contributed by atoms with Crippen LogP contribution in [0.25, 0.3) is 0 Å². The molecule has 0 saturated heterocycles. The molecule has 1 unspecified atom stereocenters. The van der Waals surface area contributed by atoms with Crippen LogP contribution in [0, 0.1) is 0 Å². The Morgan fingerprint density at radius 1 is 0.333 bits per heavy atom. The van der Waals surface area contributed by atoms with Gasteiger partial charge in [0.15, 0.2) is 6.10 Å². The Bertz CT molecular complexity index is 1060. The summed E-state index contributed by atoms with van der Waals surface area (Å²) in [6, 6.07) is 0. The molecular formula is C54H96O6. The van der Waals surface area contributed by atoms with E-state index in [0.717, 1.165) is 103 Å². The van der Waals surface area contributed by atoms with Gasteiger partial charge in [0.25, 0.3) is 0 Å². The third-order valence-corrected chi connectivity index (χ3v) is 11.1. The molecule has 0 heterocycles. The SMILES string of the molecule is CCCC/C=C\CCCCCCC(=O)OCC(COC(=O)CCCCC/C=C\C=C/CCCCCCCCC)OC(=O)CCCCCCC/C=C\CCCCCCCCC. The van der Waals surface area contributed by atoms with Crippen LogP contribution in [0.1, 0.15) is 258 Å². The lowest BCUT2D eigenvalue weighted by Gasteiger charge is -2.18. The molecule has 0 rings (SSSR count). The molecule has 0 aromatic rings. The maximum Gasteiger partial charge on any atom is 0.306 e. The van der Waals surface area contributed by atoms with Crippen molar-refractivity contribution in [3.63, 3.8) is 0 Å². The Morgan fingerprint density at radius 3 is 1.00 bits per heavy atom. The molecule has 0 aliphatic heterocycles. The first-order valence-electron chi connectivity index (χ1n) is 25.7. The molecule has 0 amide bonds. The van der Waals surface area contributed by atoms with E-state index in [1.54, 1.807) is 0 Å². The van der Waals surface area contributed by atoms with Gasteiger partial charge in [0.05, 0.1) is 0 Å². The fourth-order valence-electron chi connectivity index (χ4n) is 7.11. The van der Waals surface area contributed by atoms with Gasteiger partial charge >= 0.3 is 17.9 Å². The van der Waals surface area contributed by atoms with Gasteiger partial charge < -0.3 is 14.2 Å². The topological polar surface area (TPSA) is 78.9 Å². The summed E-state index contributed by atoms with van der Waals surface area (Å²) in [5.74, 6) is -0.934. The Morgan fingerprint density at radius 2 is 0.617 bits per heavy atom. The van der Waals surface area contributed by atoms with Crippen molar-refractivity contribution in [2.45, 2.75) is 264 Å². The van der Waals surface area contributed by atoms with Crippen molar-refractivity contribution in [1.29, 1.82) is 0 Å². The molecule has 348 valence electrons. The van der Waals surface area contributed by atoms with E-state index in [-0.39, 0.29) is 31.1 Å². The number of esters is 3. The normalized spacial score (nSPS) is 12.4. The van der Waals surface area contributed by atoms with Gasteiger partial charge in [0.1, 0.15) is 13.2 Å². The zero-order valence-electron chi connectivity index (χ0n) is 39.7. The highest BCUT2D eigenvalue weighted by molar-refractivity contribution is 5.71. The molecule has 1 atom stereocenters. The second-order valence-corrected chi connectivity index (χ2v) is 17.1. The first-order valence-corrected chi connectivity index (χ1v) is 25.7. The maximum atomic E-state index is 12.8. The number of unbranched alkanes of at least 4 members (excludes halogenated alkanes) is 28. The highest BCUT2D eigenvalue weighted by Crippen LogP contribution is 2.14. The lowest BCUT2D eigenvalue weighted by atomic mass is 10.1.